The fourth-order valence-corrected chi connectivity index (χ4v) is 11.3. The smallest absolute Gasteiger partial charge is 0.0626 e. The Morgan fingerprint density at radius 2 is 0.847 bits per heavy atom. The molecule has 0 bridgehead atoms. The maximum atomic E-state index is 2.61. The summed E-state index contributed by atoms with van der Waals surface area (Å²) in [4.78, 5) is 0. The van der Waals surface area contributed by atoms with Gasteiger partial charge in [0.15, 0.2) is 0 Å². The highest BCUT2D eigenvalue weighted by atomic mass is 15.0. The van der Waals surface area contributed by atoms with E-state index < -0.39 is 0 Å². The molecule has 0 aliphatic carbocycles. The molecule has 15 aromatic rings. The van der Waals surface area contributed by atoms with E-state index in [1.54, 1.807) is 0 Å². The molecule has 0 amide bonds. The maximum Gasteiger partial charge on any atom is 0.0626 e. The zero-order chi connectivity index (χ0) is 38.1. The highest BCUT2D eigenvalue weighted by Crippen LogP contribution is 2.49. The lowest BCUT2D eigenvalue weighted by atomic mass is 9.94. The molecule has 270 valence electrons. The summed E-state index contributed by atoms with van der Waals surface area (Å²) in [7, 11) is 0. The highest BCUT2D eigenvalue weighted by molar-refractivity contribution is 6.35. The second-order valence-electron chi connectivity index (χ2n) is 16.4. The van der Waals surface area contributed by atoms with E-state index in [1.807, 2.05) is 0 Å². The molecule has 10 aromatic carbocycles. The maximum absolute atomic E-state index is 2.61. The molecule has 0 radical (unpaired) electrons. The van der Waals surface area contributed by atoms with Crippen molar-refractivity contribution in [3.05, 3.63) is 188 Å². The lowest BCUT2D eigenvalue weighted by molar-refractivity contribution is 1.18. The van der Waals surface area contributed by atoms with Crippen LogP contribution in [0.3, 0.4) is 0 Å². The zero-order valence-electron chi connectivity index (χ0n) is 31.7. The fourth-order valence-electron chi connectivity index (χ4n) is 11.3. The average Bonchev–Trinajstić information content (AvgIpc) is 4.08. The Labute approximate surface area is 336 Å². The third-order valence-electron chi connectivity index (χ3n) is 13.6. The number of aromatic nitrogens is 3. The lowest BCUT2D eigenvalue weighted by Crippen LogP contribution is -1.93. The molecule has 0 aliphatic rings. The molecule has 0 fully saturated rings. The molecular weight excluding hydrogens is 715 g/mol. The van der Waals surface area contributed by atoms with Gasteiger partial charge in [-0.3, -0.25) is 0 Å². The molecule has 0 spiro atoms. The Kier molecular flexibility index (Phi) is 5.41. The van der Waals surface area contributed by atoms with Crippen LogP contribution in [0.25, 0.3) is 136 Å². The standard InChI is InChI=1S/C56H31N3/c1-2-15-35(16-3-1)57-47-23-10-8-19-38(47)43-28-34(25-26-49(43)57)42-27-32-13-4-6-17-36(32)52-41-22-12-21-40-44-30-51-46(31-50(44)59(54(40)41)55(42)52)53-37-18-7-5-14-33(37)29-45-39-20-9-11-24-48(39)58(51)56(45)53/h1-31H. The Bertz CT molecular complexity index is 4290. The number of para-hydroxylation sites is 4. The van der Waals surface area contributed by atoms with Crippen molar-refractivity contribution in [2.24, 2.45) is 0 Å². The summed E-state index contributed by atoms with van der Waals surface area (Å²) >= 11 is 0. The molecule has 0 aliphatic heterocycles. The molecule has 5 heterocycles. The van der Waals surface area contributed by atoms with E-state index >= 15 is 0 Å². The highest BCUT2D eigenvalue weighted by Gasteiger charge is 2.26. The summed E-state index contributed by atoms with van der Waals surface area (Å²) in [5.74, 6) is 0. The molecule has 0 N–H and O–H groups in total. The van der Waals surface area contributed by atoms with Gasteiger partial charge in [-0.1, -0.05) is 127 Å². The first-order valence-corrected chi connectivity index (χ1v) is 20.5. The first kappa shape index (κ1) is 30.3. The molecule has 0 unspecified atom stereocenters. The largest absolute Gasteiger partial charge is 0.309 e. The van der Waals surface area contributed by atoms with Crippen molar-refractivity contribution in [2.45, 2.75) is 0 Å². The van der Waals surface area contributed by atoms with Gasteiger partial charge in [-0.2, -0.15) is 0 Å². The Hall–Kier alpha value is -7.88. The van der Waals surface area contributed by atoms with Crippen LogP contribution in [0.5, 0.6) is 0 Å². The minimum Gasteiger partial charge on any atom is -0.309 e. The van der Waals surface area contributed by atoms with E-state index in [1.165, 1.54) is 136 Å². The summed E-state index contributed by atoms with van der Waals surface area (Å²) in [6, 6.07) is 70.3. The van der Waals surface area contributed by atoms with Gasteiger partial charge in [0.25, 0.3) is 0 Å². The lowest BCUT2D eigenvalue weighted by Gasteiger charge is -2.11. The van der Waals surface area contributed by atoms with Gasteiger partial charge in [0.05, 0.1) is 44.1 Å². The second kappa shape index (κ2) is 10.5. The molecule has 0 saturated carbocycles. The van der Waals surface area contributed by atoms with Crippen molar-refractivity contribution in [1.29, 1.82) is 0 Å². The minimum absolute atomic E-state index is 1.17. The zero-order valence-corrected chi connectivity index (χ0v) is 31.7. The van der Waals surface area contributed by atoms with Crippen LogP contribution >= 0.6 is 0 Å². The summed E-state index contributed by atoms with van der Waals surface area (Å²) in [6.07, 6.45) is 0. The van der Waals surface area contributed by atoms with Crippen LogP contribution in [-0.4, -0.2) is 13.4 Å². The number of fused-ring (bicyclic) bond motifs is 19. The summed E-state index contributed by atoms with van der Waals surface area (Å²) < 4.78 is 7.55. The van der Waals surface area contributed by atoms with Gasteiger partial charge >= 0.3 is 0 Å². The Balaban J connectivity index is 1.13. The molecule has 0 saturated heterocycles. The first-order valence-electron chi connectivity index (χ1n) is 20.5. The van der Waals surface area contributed by atoms with Gasteiger partial charge < -0.3 is 13.4 Å². The number of hydrogen-bond acceptors (Lipinski definition) is 0. The summed E-state index contributed by atoms with van der Waals surface area (Å²) in [5.41, 5.74) is 13.7. The first-order chi connectivity index (χ1) is 29.3. The monoisotopic (exact) mass is 745 g/mol. The fraction of sp³-hybridized carbons (Fsp3) is 0. The Morgan fingerprint density at radius 3 is 1.66 bits per heavy atom. The Morgan fingerprint density at radius 1 is 0.271 bits per heavy atom. The van der Waals surface area contributed by atoms with Crippen molar-refractivity contribution < 1.29 is 0 Å². The number of benzene rings is 10. The third kappa shape index (κ3) is 3.62. The molecular formula is C56H31N3. The van der Waals surface area contributed by atoms with E-state index in [-0.39, 0.29) is 0 Å². The third-order valence-corrected chi connectivity index (χ3v) is 13.6. The molecule has 0 atom stereocenters. The summed E-state index contributed by atoms with van der Waals surface area (Å²) in [6.45, 7) is 0. The van der Waals surface area contributed by atoms with Gasteiger partial charge in [0, 0.05) is 65.1 Å². The van der Waals surface area contributed by atoms with Crippen molar-refractivity contribution in [1.82, 2.24) is 13.4 Å². The van der Waals surface area contributed by atoms with Gasteiger partial charge in [-0.25, -0.2) is 0 Å². The van der Waals surface area contributed by atoms with Crippen LogP contribution < -0.4 is 0 Å². The van der Waals surface area contributed by atoms with Crippen LogP contribution in [-0.2, 0) is 0 Å². The van der Waals surface area contributed by atoms with E-state index in [0.717, 1.165) is 0 Å². The SMILES string of the molecule is c1ccc(-n2c3ccccc3c3cc(-c4cc5ccccc5c5c6cccc7c8cc9c(cc8n(c45)c76)c4c5ccccc5cc5c6ccccc6n9c54)ccc32)cc1. The van der Waals surface area contributed by atoms with Gasteiger partial charge in [0.2, 0.25) is 0 Å². The van der Waals surface area contributed by atoms with Crippen molar-refractivity contribution in [3.63, 3.8) is 0 Å². The van der Waals surface area contributed by atoms with Crippen LogP contribution in [0.2, 0.25) is 0 Å². The molecule has 5 aromatic heterocycles. The number of nitrogens with zero attached hydrogens (tertiary/aromatic N) is 3. The van der Waals surface area contributed by atoms with Gasteiger partial charge in [-0.15, -0.1) is 0 Å². The van der Waals surface area contributed by atoms with E-state index in [9.17, 15) is 0 Å². The quantitative estimate of drug-likeness (QED) is 0.167. The summed E-state index contributed by atoms with van der Waals surface area (Å²) in [5, 5.41) is 18.1. The van der Waals surface area contributed by atoms with Crippen LogP contribution in [0.1, 0.15) is 0 Å². The van der Waals surface area contributed by atoms with E-state index in [2.05, 4.69) is 201 Å². The second-order valence-corrected chi connectivity index (χ2v) is 16.4. The normalized spacial score (nSPS) is 12.7. The molecule has 3 nitrogen and oxygen atoms in total. The molecule has 59 heavy (non-hydrogen) atoms. The van der Waals surface area contributed by atoms with Crippen LogP contribution in [0.15, 0.2) is 188 Å². The van der Waals surface area contributed by atoms with Gasteiger partial charge in [0.1, 0.15) is 0 Å². The van der Waals surface area contributed by atoms with Crippen molar-refractivity contribution >= 4 is 120 Å². The van der Waals surface area contributed by atoms with Crippen molar-refractivity contribution in [3.8, 4) is 16.8 Å². The number of hydrogen-bond donors (Lipinski definition) is 0. The van der Waals surface area contributed by atoms with Crippen LogP contribution in [0, 0.1) is 0 Å². The van der Waals surface area contributed by atoms with Crippen LogP contribution in [0.4, 0.5) is 0 Å². The van der Waals surface area contributed by atoms with E-state index in [0.29, 0.717) is 0 Å². The van der Waals surface area contributed by atoms with Gasteiger partial charge in [-0.05, 0) is 87.8 Å². The van der Waals surface area contributed by atoms with E-state index in [4.69, 9.17) is 0 Å². The molecule has 3 heteroatoms. The van der Waals surface area contributed by atoms with Crippen molar-refractivity contribution in [2.75, 3.05) is 0 Å². The predicted octanol–water partition coefficient (Wildman–Crippen LogP) is 15.1. The molecule has 15 rings (SSSR count). The predicted molar refractivity (Wildman–Crippen MR) is 251 cm³/mol. The minimum atomic E-state index is 1.17. The average molecular weight is 746 g/mol. The topological polar surface area (TPSA) is 13.8 Å². The number of rotatable bonds is 2.